The summed E-state index contributed by atoms with van der Waals surface area (Å²) < 4.78 is 18.2. The van der Waals surface area contributed by atoms with Gasteiger partial charge in [0.25, 0.3) is 5.91 Å². The number of rotatable bonds is 10. The number of amides is 1. The van der Waals surface area contributed by atoms with Gasteiger partial charge in [-0.05, 0) is 49.7 Å². The molecule has 1 aliphatic heterocycles. The molecule has 6 unspecified atom stereocenters. The van der Waals surface area contributed by atoms with E-state index >= 15 is 0 Å². The Hall–Kier alpha value is -3.56. The highest BCUT2D eigenvalue weighted by Crippen LogP contribution is 2.42. The van der Waals surface area contributed by atoms with Gasteiger partial charge in [-0.25, -0.2) is 0 Å². The molecule has 0 spiro atoms. The number of carbonyl (C=O) groups is 2. The van der Waals surface area contributed by atoms with Crippen LogP contribution in [0.25, 0.3) is 0 Å². The molecule has 3 aromatic carbocycles. The third kappa shape index (κ3) is 7.80. The van der Waals surface area contributed by atoms with Gasteiger partial charge in [0.15, 0.2) is 12.4 Å². The van der Waals surface area contributed by atoms with Crippen LogP contribution in [-0.2, 0) is 30.4 Å². The maximum Gasteiger partial charge on any atom is 0.303 e. The normalized spacial score (nSPS) is 22.1. The number of aliphatic hydroxyl groups is 1. The Labute approximate surface area is 242 Å². The number of likely N-dealkylation sites (N-methyl/N-ethyl adjacent to an activating group) is 1. The fourth-order valence-electron chi connectivity index (χ4n) is 5.07. The number of carbonyl (C=O) groups excluding carboxylic acids is 2. The Balaban J connectivity index is 1.58. The first-order valence-electron chi connectivity index (χ1n) is 14.0. The van der Waals surface area contributed by atoms with Gasteiger partial charge in [0.05, 0.1) is 18.8 Å². The zero-order valence-corrected chi connectivity index (χ0v) is 24.3. The molecule has 4 rings (SSSR count). The second-order valence-corrected chi connectivity index (χ2v) is 10.7. The van der Waals surface area contributed by atoms with E-state index in [1.807, 2.05) is 60.7 Å². The number of nitrogens with zero attached hydrogens (tertiary/aromatic N) is 1. The monoisotopic (exact) mass is 560 g/mol. The molecule has 0 aromatic heterocycles. The lowest BCUT2D eigenvalue weighted by atomic mass is 9.89. The molecule has 218 valence electrons. The van der Waals surface area contributed by atoms with E-state index in [4.69, 9.17) is 14.2 Å². The van der Waals surface area contributed by atoms with Crippen molar-refractivity contribution in [2.45, 2.75) is 64.9 Å². The van der Waals surface area contributed by atoms with Crippen LogP contribution in [0.15, 0.2) is 78.9 Å². The van der Waals surface area contributed by atoms with E-state index in [0.717, 1.165) is 16.7 Å². The average molecular weight is 561 g/mol. The molecular formula is C33H40N2O6. The number of anilines is 1. The maximum absolute atomic E-state index is 12.5. The number of esters is 1. The van der Waals surface area contributed by atoms with E-state index in [1.54, 1.807) is 6.07 Å². The largest absolute Gasteiger partial charge is 0.453 e. The van der Waals surface area contributed by atoms with Crippen LogP contribution in [0.3, 0.4) is 0 Å². The topological polar surface area (TPSA) is 97.3 Å². The van der Waals surface area contributed by atoms with Gasteiger partial charge < -0.3 is 24.6 Å². The molecule has 1 amide bonds. The Morgan fingerprint density at radius 1 is 0.976 bits per heavy atom. The van der Waals surface area contributed by atoms with E-state index in [9.17, 15) is 14.7 Å². The van der Waals surface area contributed by atoms with Crippen molar-refractivity contribution in [2.75, 3.05) is 18.9 Å². The van der Waals surface area contributed by atoms with Crippen molar-refractivity contribution in [1.82, 2.24) is 4.90 Å². The van der Waals surface area contributed by atoms with Crippen molar-refractivity contribution in [3.63, 3.8) is 0 Å². The minimum atomic E-state index is -0.919. The van der Waals surface area contributed by atoms with Gasteiger partial charge in [0.2, 0.25) is 0 Å². The van der Waals surface area contributed by atoms with Crippen LogP contribution < -0.4 is 5.32 Å². The van der Waals surface area contributed by atoms with Crippen molar-refractivity contribution in [3.05, 3.63) is 101 Å². The van der Waals surface area contributed by atoms with Crippen molar-refractivity contribution >= 4 is 17.6 Å². The zero-order chi connectivity index (χ0) is 29.5. The summed E-state index contributed by atoms with van der Waals surface area (Å²) in [6.45, 7) is 7.78. The Morgan fingerprint density at radius 3 is 2.34 bits per heavy atom. The van der Waals surface area contributed by atoms with E-state index in [2.05, 4.69) is 43.2 Å². The predicted octanol–water partition coefficient (Wildman–Crippen LogP) is 5.55. The third-order valence-corrected chi connectivity index (χ3v) is 7.67. The molecule has 0 bridgehead atoms. The highest BCUT2D eigenvalue weighted by molar-refractivity contribution is 5.95. The molecule has 2 N–H and O–H groups in total. The van der Waals surface area contributed by atoms with E-state index < -0.39 is 24.3 Å². The van der Waals surface area contributed by atoms with Crippen LogP contribution in [0, 0.1) is 5.92 Å². The summed E-state index contributed by atoms with van der Waals surface area (Å²) >= 11 is 0. The molecule has 41 heavy (non-hydrogen) atoms. The van der Waals surface area contributed by atoms with Gasteiger partial charge in [-0.15, -0.1) is 0 Å². The number of aliphatic hydroxyl groups excluding tert-OH is 1. The molecule has 0 aliphatic carbocycles. The number of ether oxygens (including phenoxy) is 3. The zero-order valence-electron chi connectivity index (χ0n) is 24.3. The summed E-state index contributed by atoms with van der Waals surface area (Å²) in [6.07, 6.45) is -2.01. The molecule has 8 nitrogen and oxygen atoms in total. The van der Waals surface area contributed by atoms with Crippen LogP contribution in [0.2, 0.25) is 0 Å². The first-order valence-corrected chi connectivity index (χ1v) is 14.0. The van der Waals surface area contributed by atoms with E-state index in [1.165, 1.54) is 19.4 Å². The fourth-order valence-corrected chi connectivity index (χ4v) is 5.07. The summed E-state index contributed by atoms with van der Waals surface area (Å²) in [6, 6.07) is 25.7. The predicted molar refractivity (Wildman–Crippen MR) is 157 cm³/mol. The summed E-state index contributed by atoms with van der Waals surface area (Å²) in [7, 11) is 2.10. The quantitative estimate of drug-likeness (QED) is 0.314. The highest BCUT2D eigenvalue weighted by Gasteiger charge is 2.39. The van der Waals surface area contributed by atoms with Gasteiger partial charge >= 0.3 is 5.97 Å². The lowest BCUT2D eigenvalue weighted by Crippen LogP contribution is -2.44. The number of hydrogen-bond acceptors (Lipinski definition) is 7. The number of hydrogen-bond donors (Lipinski definition) is 2. The molecular weight excluding hydrogens is 520 g/mol. The number of nitrogens with one attached hydrogen (secondary N) is 1. The minimum Gasteiger partial charge on any atom is -0.453 e. The van der Waals surface area contributed by atoms with Crippen molar-refractivity contribution in [3.8, 4) is 0 Å². The summed E-state index contributed by atoms with van der Waals surface area (Å²) in [5.41, 5.74) is 4.38. The van der Waals surface area contributed by atoms with Crippen LogP contribution >= 0.6 is 0 Å². The lowest BCUT2D eigenvalue weighted by molar-refractivity contribution is -0.276. The van der Waals surface area contributed by atoms with Crippen LogP contribution in [0.5, 0.6) is 0 Å². The van der Waals surface area contributed by atoms with Gasteiger partial charge in [-0.2, -0.15) is 0 Å². The standard InChI is InChI=1S/C33H40N2O6/c1-21-30(19-35(5)22(2)26-10-7-6-8-11-26)40-33(41-31(21)27-16-14-25(20-36)15-17-27)28-12-9-13-29(18-28)34-32(38)23(3)39-24(4)37/h6-18,21-23,30-31,33,36H,19-20H2,1-5H3,(H,34,38). The van der Waals surface area contributed by atoms with Gasteiger partial charge in [0, 0.05) is 36.7 Å². The molecule has 8 heteroatoms. The van der Waals surface area contributed by atoms with E-state index in [0.29, 0.717) is 12.2 Å². The van der Waals surface area contributed by atoms with Gasteiger partial charge in [-0.1, -0.05) is 73.7 Å². The molecule has 6 atom stereocenters. The first-order chi connectivity index (χ1) is 19.7. The van der Waals surface area contributed by atoms with Gasteiger partial charge in [0.1, 0.15) is 0 Å². The summed E-state index contributed by atoms with van der Waals surface area (Å²) in [5, 5.41) is 12.3. The van der Waals surface area contributed by atoms with Crippen molar-refractivity contribution in [1.29, 1.82) is 0 Å². The minimum absolute atomic E-state index is 0.0214. The average Bonchev–Trinajstić information content (AvgIpc) is 2.98. The van der Waals surface area contributed by atoms with Crippen LogP contribution in [-0.4, -0.2) is 47.7 Å². The smallest absolute Gasteiger partial charge is 0.303 e. The summed E-state index contributed by atoms with van der Waals surface area (Å²) in [4.78, 5) is 26.1. The summed E-state index contributed by atoms with van der Waals surface area (Å²) in [5.74, 6) is -0.910. The molecule has 0 radical (unpaired) electrons. The molecule has 1 fully saturated rings. The second-order valence-electron chi connectivity index (χ2n) is 10.7. The Kier molecular flexibility index (Phi) is 10.3. The SMILES string of the molecule is CC(=O)OC(C)C(=O)Nc1cccc(C2OC(CN(C)C(C)c3ccccc3)C(C)C(c3ccc(CO)cc3)O2)c1. The van der Waals surface area contributed by atoms with Crippen LogP contribution in [0.1, 0.15) is 68.4 Å². The second kappa shape index (κ2) is 13.9. The maximum atomic E-state index is 12.5. The highest BCUT2D eigenvalue weighted by atomic mass is 16.7. The van der Waals surface area contributed by atoms with Crippen LogP contribution in [0.4, 0.5) is 5.69 Å². The molecule has 0 saturated carbocycles. The fraction of sp³-hybridized carbons (Fsp3) is 0.394. The van der Waals surface area contributed by atoms with Gasteiger partial charge in [-0.3, -0.25) is 14.5 Å². The Morgan fingerprint density at radius 2 is 1.68 bits per heavy atom. The molecule has 3 aromatic rings. The van der Waals surface area contributed by atoms with Crippen molar-refractivity contribution < 1.29 is 28.9 Å². The van der Waals surface area contributed by atoms with E-state index in [-0.39, 0.29) is 30.8 Å². The molecule has 1 saturated heterocycles. The molecule has 1 aliphatic rings. The molecule has 1 heterocycles. The van der Waals surface area contributed by atoms with Crippen molar-refractivity contribution in [2.24, 2.45) is 5.92 Å². The first kappa shape index (κ1) is 30.4. The Bertz CT molecular complexity index is 1300. The third-order valence-electron chi connectivity index (χ3n) is 7.67. The lowest BCUT2D eigenvalue weighted by Gasteiger charge is -2.43. The number of benzene rings is 3.